The van der Waals surface area contributed by atoms with E-state index in [0.29, 0.717) is 13.1 Å². The summed E-state index contributed by atoms with van der Waals surface area (Å²) in [7, 11) is -1.25. The van der Waals surface area contributed by atoms with Gasteiger partial charge < -0.3 is 16.4 Å². The van der Waals surface area contributed by atoms with Crippen LogP contribution in [0.15, 0.2) is 0 Å². The monoisotopic (exact) mass is 263 g/mol. The van der Waals surface area contributed by atoms with E-state index < -0.39 is 21.3 Å². The van der Waals surface area contributed by atoms with Crippen LogP contribution in [0.5, 0.6) is 0 Å². The molecule has 1 fully saturated rings. The van der Waals surface area contributed by atoms with Crippen molar-refractivity contribution in [1.82, 2.24) is 4.90 Å². The van der Waals surface area contributed by atoms with Gasteiger partial charge in [0.2, 0.25) is 5.91 Å². The predicted octanol–water partition coefficient (Wildman–Crippen LogP) is -1.44. The number of hydrogen-bond donors (Lipinski definition) is 2. The van der Waals surface area contributed by atoms with Crippen LogP contribution in [-0.4, -0.2) is 56.9 Å². The highest BCUT2D eigenvalue weighted by Gasteiger charge is 2.47. The van der Waals surface area contributed by atoms with E-state index in [1.807, 2.05) is 0 Å². The van der Waals surface area contributed by atoms with Crippen LogP contribution < -0.4 is 11.5 Å². The Morgan fingerprint density at radius 1 is 1.47 bits per heavy atom. The van der Waals surface area contributed by atoms with Gasteiger partial charge in [-0.2, -0.15) is 0 Å². The molecule has 0 bridgehead atoms. The van der Waals surface area contributed by atoms with Gasteiger partial charge in [-0.05, 0) is 25.8 Å². The van der Waals surface area contributed by atoms with Crippen molar-refractivity contribution in [2.45, 2.75) is 18.4 Å². The first-order valence-electron chi connectivity index (χ1n) is 5.60. The van der Waals surface area contributed by atoms with Crippen LogP contribution >= 0.6 is 0 Å². The standard InChI is InChI=1S/C10H21N3O3S/c1-13(5-6-17(2,15)16)7-10(12,9(11)14)8-3-4-8/h8H,3-7,12H2,1-2H3,(H2,11,14). The Hall–Kier alpha value is -0.660. The summed E-state index contributed by atoms with van der Waals surface area (Å²) in [6.45, 7) is 0.667. The van der Waals surface area contributed by atoms with E-state index in [2.05, 4.69) is 0 Å². The van der Waals surface area contributed by atoms with Crippen LogP contribution in [0.3, 0.4) is 0 Å². The minimum atomic E-state index is -3.00. The van der Waals surface area contributed by atoms with E-state index in [1.165, 1.54) is 6.26 Å². The number of nitrogens with zero attached hydrogens (tertiary/aromatic N) is 1. The molecule has 100 valence electrons. The van der Waals surface area contributed by atoms with Crippen molar-refractivity contribution in [2.75, 3.05) is 32.1 Å². The number of carbonyl (C=O) groups is 1. The molecule has 1 amide bonds. The molecule has 0 aliphatic heterocycles. The van der Waals surface area contributed by atoms with Crippen molar-refractivity contribution in [3.63, 3.8) is 0 Å². The molecule has 0 aromatic carbocycles. The van der Waals surface area contributed by atoms with Crippen LogP contribution in [0.25, 0.3) is 0 Å². The summed E-state index contributed by atoms with van der Waals surface area (Å²) in [4.78, 5) is 13.1. The van der Waals surface area contributed by atoms with Crippen molar-refractivity contribution in [1.29, 1.82) is 0 Å². The summed E-state index contributed by atoms with van der Waals surface area (Å²) in [6, 6.07) is 0. The first-order valence-corrected chi connectivity index (χ1v) is 7.66. The van der Waals surface area contributed by atoms with Crippen LogP contribution in [-0.2, 0) is 14.6 Å². The van der Waals surface area contributed by atoms with E-state index in [-0.39, 0.29) is 11.7 Å². The normalized spacial score (nSPS) is 20.2. The lowest BCUT2D eigenvalue weighted by Crippen LogP contribution is -2.60. The van der Waals surface area contributed by atoms with Crippen molar-refractivity contribution in [3.8, 4) is 0 Å². The number of carbonyl (C=O) groups excluding carboxylic acids is 1. The number of rotatable bonds is 7. The lowest BCUT2D eigenvalue weighted by atomic mass is 9.93. The second kappa shape index (κ2) is 4.91. The Labute approximate surface area is 102 Å². The van der Waals surface area contributed by atoms with E-state index in [1.54, 1.807) is 11.9 Å². The fraction of sp³-hybridized carbons (Fsp3) is 0.900. The number of sulfone groups is 1. The average molecular weight is 263 g/mol. The molecule has 1 saturated carbocycles. The largest absolute Gasteiger partial charge is 0.368 e. The van der Waals surface area contributed by atoms with Gasteiger partial charge in [0.25, 0.3) is 0 Å². The molecule has 0 aromatic rings. The Bertz CT molecular complexity index is 392. The van der Waals surface area contributed by atoms with Gasteiger partial charge >= 0.3 is 0 Å². The van der Waals surface area contributed by atoms with Gasteiger partial charge in [0, 0.05) is 19.3 Å². The third-order valence-electron chi connectivity index (χ3n) is 3.14. The Morgan fingerprint density at radius 3 is 2.35 bits per heavy atom. The van der Waals surface area contributed by atoms with Crippen LogP contribution in [0, 0.1) is 5.92 Å². The SMILES string of the molecule is CN(CCS(C)(=O)=O)CC(N)(C(N)=O)C1CC1. The summed E-state index contributed by atoms with van der Waals surface area (Å²) in [5.74, 6) is -0.310. The van der Waals surface area contributed by atoms with E-state index in [4.69, 9.17) is 11.5 Å². The molecule has 6 nitrogen and oxygen atoms in total. The van der Waals surface area contributed by atoms with Crippen LogP contribution in [0.1, 0.15) is 12.8 Å². The van der Waals surface area contributed by atoms with Crippen molar-refractivity contribution < 1.29 is 13.2 Å². The molecule has 0 aromatic heterocycles. The molecular formula is C10H21N3O3S. The zero-order valence-electron chi connectivity index (χ0n) is 10.3. The lowest BCUT2D eigenvalue weighted by molar-refractivity contribution is -0.124. The summed E-state index contributed by atoms with van der Waals surface area (Å²) < 4.78 is 22.1. The second-order valence-corrected chi connectivity index (χ2v) is 7.31. The van der Waals surface area contributed by atoms with E-state index >= 15 is 0 Å². The van der Waals surface area contributed by atoms with Gasteiger partial charge in [-0.25, -0.2) is 8.42 Å². The molecule has 1 rings (SSSR count). The fourth-order valence-corrected chi connectivity index (χ4v) is 2.50. The molecule has 17 heavy (non-hydrogen) atoms. The van der Waals surface area contributed by atoms with Crippen LogP contribution in [0.4, 0.5) is 0 Å². The summed E-state index contributed by atoms with van der Waals surface area (Å²) in [5.41, 5.74) is 10.3. The highest BCUT2D eigenvalue weighted by molar-refractivity contribution is 7.90. The Balaban J connectivity index is 2.53. The molecule has 0 saturated heterocycles. The fourth-order valence-electron chi connectivity index (χ4n) is 1.85. The van der Waals surface area contributed by atoms with Gasteiger partial charge in [-0.15, -0.1) is 0 Å². The van der Waals surface area contributed by atoms with Gasteiger partial charge in [-0.3, -0.25) is 4.79 Å². The molecule has 1 aliphatic rings. The number of primary amides is 1. The van der Waals surface area contributed by atoms with Crippen molar-refractivity contribution in [2.24, 2.45) is 17.4 Å². The molecule has 0 radical (unpaired) electrons. The third-order valence-corrected chi connectivity index (χ3v) is 4.06. The predicted molar refractivity (Wildman–Crippen MR) is 66.0 cm³/mol. The molecule has 0 spiro atoms. The van der Waals surface area contributed by atoms with E-state index in [0.717, 1.165) is 12.8 Å². The zero-order chi connectivity index (χ0) is 13.3. The van der Waals surface area contributed by atoms with Gasteiger partial charge in [0.05, 0.1) is 5.75 Å². The molecule has 1 aliphatic carbocycles. The Morgan fingerprint density at radius 2 is 2.00 bits per heavy atom. The summed E-state index contributed by atoms with van der Waals surface area (Å²) >= 11 is 0. The molecule has 1 unspecified atom stereocenters. The van der Waals surface area contributed by atoms with Gasteiger partial charge in [0.1, 0.15) is 15.4 Å². The minimum Gasteiger partial charge on any atom is -0.368 e. The number of likely N-dealkylation sites (N-methyl/N-ethyl adjacent to an activating group) is 1. The molecular weight excluding hydrogens is 242 g/mol. The number of nitrogens with two attached hydrogens (primary N) is 2. The van der Waals surface area contributed by atoms with Crippen molar-refractivity contribution >= 4 is 15.7 Å². The zero-order valence-corrected chi connectivity index (χ0v) is 11.2. The number of hydrogen-bond acceptors (Lipinski definition) is 5. The highest BCUT2D eigenvalue weighted by atomic mass is 32.2. The summed E-state index contributed by atoms with van der Waals surface area (Å²) in [6.07, 6.45) is 3.02. The smallest absolute Gasteiger partial charge is 0.239 e. The van der Waals surface area contributed by atoms with Gasteiger partial charge in [-0.1, -0.05) is 0 Å². The first-order chi connectivity index (χ1) is 7.65. The van der Waals surface area contributed by atoms with Crippen molar-refractivity contribution in [3.05, 3.63) is 0 Å². The lowest BCUT2D eigenvalue weighted by Gasteiger charge is -2.30. The van der Waals surface area contributed by atoms with Gasteiger partial charge in [0.15, 0.2) is 0 Å². The highest BCUT2D eigenvalue weighted by Crippen LogP contribution is 2.38. The second-order valence-electron chi connectivity index (χ2n) is 5.05. The maximum absolute atomic E-state index is 11.4. The molecule has 0 heterocycles. The number of amides is 1. The maximum Gasteiger partial charge on any atom is 0.239 e. The molecule has 1 atom stereocenters. The topological polar surface area (TPSA) is 106 Å². The maximum atomic E-state index is 11.4. The van der Waals surface area contributed by atoms with Crippen LogP contribution in [0.2, 0.25) is 0 Å². The van der Waals surface area contributed by atoms with E-state index in [9.17, 15) is 13.2 Å². The quantitative estimate of drug-likeness (QED) is 0.585. The molecule has 4 N–H and O–H groups in total. The first kappa shape index (κ1) is 14.4. The molecule has 7 heteroatoms. The Kier molecular flexibility index (Phi) is 4.16. The minimum absolute atomic E-state index is 0.0585. The summed E-state index contributed by atoms with van der Waals surface area (Å²) in [5, 5.41) is 0. The average Bonchev–Trinajstić information content (AvgIpc) is 2.96. The third kappa shape index (κ3) is 4.25.